The molecular formula is C21H17NO6S. The summed E-state index contributed by atoms with van der Waals surface area (Å²) < 4.78 is 27.1. The Balaban J connectivity index is 1.71. The van der Waals surface area contributed by atoms with Crippen LogP contribution in [-0.4, -0.2) is 29.5 Å². The Kier molecular flexibility index (Phi) is 5.56. The Labute approximate surface area is 167 Å². The van der Waals surface area contributed by atoms with E-state index in [9.17, 15) is 28.5 Å². The van der Waals surface area contributed by atoms with Crippen molar-refractivity contribution in [2.24, 2.45) is 0 Å². The molecule has 0 aromatic heterocycles. The van der Waals surface area contributed by atoms with Crippen LogP contribution in [0.3, 0.4) is 0 Å². The van der Waals surface area contributed by atoms with Gasteiger partial charge >= 0.3 is 0 Å². The van der Waals surface area contributed by atoms with Crippen LogP contribution in [0.2, 0.25) is 0 Å². The monoisotopic (exact) mass is 411 g/mol. The van der Waals surface area contributed by atoms with E-state index in [0.717, 1.165) is 6.07 Å². The maximum Gasteiger partial charge on any atom is 0.262 e. The van der Waals surface area contributed by atoms with Crippen LogP contribution in [0, 0.1) is 0 Å². The highest BCUT2D eigenvalue weighted by molar-refractivity contribution is 7.92. The summed E-state index contributed by atoms with van der Waals surface area (Å²) in [6.45, 7) is 0. The topological polar surface area (TPSA) is 124 Å². The summed E-state index contributed by atoms with van der Waals surface area (Å²) in [5.41, 5.74) is 1.13. The number of carbonyl (C=O) groups is 1. The zero-order chi connectivity index (χ0) is 21.0. The zero-order valence-electron chi connectivity index (χ0n) is 15.0. The first-order chi connectivity index (χ1) is 13.7. The molecule has 0 unspecified atom stereocenters. The van der Waals surface area contributed by atoms with E-state index in [-0.39, 0.29) is 33.6 Å². The van der Waals surface area contributed by atoms with Gasteiger partial charge in [0.2, 0.25) is 0 Å². The number of nitrogens with one attached hydrogen (secondary N) is 1. The van der Waals surface area contributed by atoms with Crippen molar-refractivity contribution in [3.05, 3.63) is 83.9 Å². The number of allylic oxidation sites excluding steroid dienone is 1. The molecule has 0 aliphatic rings. The van der Waals surface area contributed by atoms with E-state index in [0.29, 0.717) is 11.1 Å². The fraction of sp³-hybridized carbons (Fsp3) is 0. The van der Waals surface area contributed by atoms with Crippen LogP contribution in [0.1, 0.15) is 15.9 Å². The lowest BCUT2D eigenvalue weighted by Crippen LogP contribution is -2.12. The molecule has 29 heavy (non-hydrogen) atoms. The summed E-state index contributed by atoms with van der Waals surface area (Å²) in [7, 11) is -3.88. The van der Waals surface area contributed by atoms with Crippen molar-refractivity contribution in [3.63, 3.8) is 0 Å². The molecule has 0 heterocycles. The van der Waals surface area contributed by atoms with Crippen molar-refractivity contribution in [3.8, 4) is 17.2 Å². The molecule has 148 valence electrons. The molecule has 3 aromatic rings. The second-order valence-electron chi connectivity index (χ2n) is 6.13. The van der Waals surface area contributed by atoms with E-state index in [1.54, 1.807) is 0 Å². The molecule has 3 aromatic carbocycles. The highest BCUT2D eigenvalue weighted by atomic mass is 32.2. The van der Waals surface area contributed by atoms with E-state index < -0.39 is 10.0 Å². The van der Waals surface area contributed by atoms with E-state index in [1.807, 2.05) is 0 Å². The first-order valence-corrected chi connectivity index (χ1v) is 9.89. The predicted molar refractivity (Wildman–Crippen MR) is 108 cm³/mol. The number of sulfonamides is 1. The number of ketones is 1. The molecule has 0 aliphatic heterocycles. The van der Waals surface area contributed by atoms with Gasteiger partial charge < -0.3 is 15.3 Å². The van der Waals surface area contributed by atoms with Gasteiger partial charge in [-0.25, -0.2) is 8.42 Å². The lowest BCUT2D eigenvalue weighted by atomic mass is 10.1. The molecule has 0 bridgehead atoms. The third-order valence-corrected chi connectivity index (χ3v) is 5.36. The van der Waals surface area contributed by atoms with Gasteiger partial charge in [0.1, 0.15) is 5.75 Å². The van der Waals surface area contributed by atoms with Crippen LogP contribution in [0.25, 0.3) is 6.08 Å². The summed E-state index contributed by atoms with van der Waals surface area (Å²) >= 11 is 0. The Morgan fingerprint density at radius 2 is 1.59 bits per heavy atom. The van der Waals surface area contributed by atoms with Gasteiger partial charge in [-0.3, -0.25) is 9.52 Å². The number of carbonyl (C=O) groups excluding carboxylic acids is 1. The maximum absolute atomic E-state index is 12.3. The van der Waals surface area contributed by atoms with Gasteiger partial charge in [0.15, 0.2) is 17.3 Å². The van der Waals surface area contributed by atoms with Gasteiger partial charge in [-0.05, 0) is 60.2 Å². The summed E-state index contributed by atoms with van der Waals surface area (Å²) in [6.07, 6.45) is 2.79. The van der Waals surface area contributed by atoms with Gasteiger partial charge in [-0.1, -0.05) is 18.2 Å². The van der Waals surface area contributed by atoms with Gasteiger partial charge in [0, 0.05) is 17.3 Å². The smallest absolute Gasteiger partial charge is 0.262 e. The van der Waals surface area contributed by atoms with Crippen LogP contribution in [0.15, 0.2) is 77.7 Å². The first-order valence-electron chi connectivity index (χ1n) is 8.41. The quantitative estimate of drug-likeness (QED) is 0.280. The standard InChI is InChI=1S/C21H17NO6S/c23-17-2-1-3-18(13-17)29(27,28)22-16-8-6-15(7-9-16)19(24)10-4-14-5-11-20(25)21(26)12-14/h1-13,22-23,25-26H/b10-4+. The molecule has 8 heteroatoms. The minimum atomic E-state index is -3.88. The fourth-order valence-electron chi connectivity index (χ4n) is 2.48. The van der Waals surface area contributed by atoms with Crippen LogP contribution in [-0.2, 0) is 10.0 Å². The molecule has 0 saturated carbocycles. The van der Waals surface area contributed by atoms with Crippen molar-refractivity contribution in [2.45, 2.75) is 4.90 Å². The third-order valence-electron chi connectivity index (χ3n) is 3.98. The molecule has 0 aliphatic carbocycles. The maximum atomic E-state index is 12.3. The van der Waals surface area contributed by atoms with Crippen molar-refractivity contribution in [2.75, 3.05) is 4.72 Å². The number of anilines is 1. The predicted octanol–water partition coefficient (Wildman–Crippen LogP) is 3.50. The van der Waals surface area contributed by atoms with Crippen LogP contribution < -0.4 is 4.72 Å². The Morgan fingerprint density at radius 1 is 0.862 bits per heavy atom. The number of phenolic OH excluding ortho intramolecular Hbond substituents is 3. The van der Waals surface area contributed by atoms with Crippen molar-refractivity contribution >= 4 is 27.6 Å². The normalized spacial score (nSPS) is 11.4. The molecule has 0 radical (unpaired) electrons. The second-order valence-corrected chi connectivity index (χ2v) is 7.81. The Bertz CT molecular complexity index is 1180. The highest BCUT2D eigenvalue weighted by Gasteiger charge is 2.15. The number of aromatic hydroxyl groups is 3. The van der Waals surface area contributed by atoms with E-state index in [1.165, 1.54) is 72.8 Å². The minimum Gasteiger partial charge on any atom is -0.508 e. The van der Waals surface area contributed by atoms with Crippen molar-refractivity contribution in [1.82, 2.24) is 0 Å². The average molecular weight is 411 g/mol. The number of rotatable bonds is 6. The zero-order valence-corrected chi connectivity index (χ0v) is 15.8. The number of benzene rings is 3. The van der Waals surface area contributed by atoms with Gasteiger partial charge in [0.25, 0.3) is 10.0 Å². The summed E-state index contributed by atoms with van der Waals surface area (Å²) in [6, 6.07) is 15.3. The van der Waals surface area contributed by atoms with Crippen LogP contribution >= 0.6 is 0 Å². The van der Waals surface area contributed by atoms with E-state index in [4.69, 9.17) is 0 Å². The second kappa shape index (κ2) is 8.07. The molecule has 7 nitrogen and oxygen atoms in total. The molecule has 0 saturated heterocycles. The first kappa shape index (κ1) is 20.0. The van der Waals surface area contributed by atoms with Gasteiger partial charge in [0.05, 0.1) is 4.90 Å². The molecule has 0 fully saturated rings. The van der Waals surface area contributed by atoms with Crippen LogP contribution in [0.4, 0.5) is 5.69 Å². The number of phenols is 3. The molecule has 4 N–H and O–H groups in total. The summed E-state index contributed by atoms with van der Waals surface area (Å²) in [5.74, 6) is -1.03. The number of hydrogen-bond donors (Lipinski definition) is 4. The largest absolute Gasteiger partial charge is 0.508 e. The molecular weight excluding hydrogens is 394 g/mol. The van der Waals surface area contributed by atoms with E-state index in [2.05, 4.69) is 4.72 Å². The van der Waals surface area contributed by atoms with Crippen molar-refractivity contribution in [1.29, 1.82) is 0 Å². The van der Waals surface area contributed by atoms with Crippen LogP contribution in [0.5, 0.6) is 17.2 Å². The Hall–Kier alpha value is -3.78. The molecule has 3 rings (SSSR count). The number of hydrogen-bond acceptors (Lipinski definition) is 6. The SMILES string of the molecule is O=C(/C=C/c1ccc(O)c(O)c1)c1ccc(NS(=O)(=O)c2cccc(O)c2)cc1. The third kappa shape index (κ3) is 4.94. The summed E-state index contributed by atoms with van der Waals surface area (Å²) in [5, 5.41) is 28.2. The molecule has 0 spiro atoms. The molecule has 0 amide bonds. The van der Waals surface area contributed by atoms with E-state index >= 15 is 0 Å². The minimum absolute atomic E-state index is 0.0854. The lowest BCUT2D eigenvalue weighted by Gasteiger charge is -2.08. The Morgan fingerprint density at radius 3 is 2.24 bits per heavy atom. The van der Waals surface area contributed by atoms with Gasteiger partial charge in [-0.2, -0.15) is 0 Å². The fourth-order valence-corrected chi connectivity index (χ4v) is 3.58. The highest BCUT2D eigenvalue weighted by Crippen LogP contribution is 2.25. The van der Waals surface area contributed by atoms with Crippen molar-refractivity contribution < 1.29 is 28.5 Å². The summed E-state index contributed by atoms with van der Waals surface area (Å²) in [4.78, 5) is 12.2. The van der Waals surface area contributed by atoms with Gasteiger partial charge in [-0.15, -0.1) is 0 Å². The lowest BCUT2D eigenvalue weighted by molar-refractivity contribution is 0.104. The molecule has 0 atom stereocenters. The average Bonchev–Trinajstić information content (AvgIpc) is 2.69.